The molecule has 9 aromatic carbocycles. The molecule has 0 unspecified atom stereocenters. The monoisotopic (exact) mass is 789 g/mol. The van der Waals surface area contributed by atoms with Crippen LogP contribution in [0.1, 0.15) is 0 Å². The number of pyridine rings is 1. The lowest BCUT2D eigenvalue weighted by Crippen LogP contribution is -1.94. The molecular formula is C59H39N3. The van der Waals surface area contributed by atoms with E-state index in [0.29, 0.717) is 0 Å². The van der Waals surface area contributed by atoms with Gasteiger partial charge in [0.15, 0.2) is 0 Å². The number of rotatable bonds is 7. The van der Waals surface area contributed by atoms with Gasteiger partial charge in [0, 0.05) is 44.0 Å². The zero-order chi connectivity index (χ0) is 41.0. The number of nitrogens with zero attached hydrogens (tertiary/aromatic N) is 3. The fourth-order valence-corrected chi connectivity index (χ4v) is 9.30. The molecule has 3 heterocycles. The Bertz CT molecular complexity index is 3520. The summed E-state index contributed by atoms with van der Waals surface area (Å²) < 4.78 is 4.79. The molecule has 0 saturated carbocycles. The first-order valence-corrected chi connectivity index (χ1v) is 21.2. The molecule has 0 atom stereocenters. The van der Waals surface area contributed by atoms with Crippen molar-refractivity contribution in [2.45, 2.75) is 0 Å². The third-order valence-corrected chi connectivity index (χ3v) is 12.3. The highest BCUT2D eigenvalue weighted by atomic mass is 15.0. The minimum Gasteiger partial charge on any atom is -0.309 e. The van der Waals surface area contributed by atoms with Crippen LogP contribution in [-0.2, 0) is 0 Å². The molecule has 0 saturated heterocycles. The maximum Gasteiger partial charge on any atom is 0.0715 e. The second-order valence-corrected chi connectivity index (χ2v) is 16.0. The molecular weight excluding hydrogens is 751 g/mol. The quantitative estimate of drug-likeness (QED) is 0.158. The number of benzene rings is 9. The molecule has 12 rings (SSSR count). The minimum absolute atomic E-state index is 0.955. The minimum atomic E-state index is 0.955. The Labute approximate surface area is 360 Å². The van der Waals surface area contributed by atoms with E-state index >= 15 is 0 Å². The summed E-state index contributed by atoms with van der Waals surface area (Å²) >= 11 is 0. The van der Waals surface area contributed by atoms with Gasteiger partial charge >= 0.3 is 0 Å². The van der Waals surface area contributed by atoms with Gasteiger partial charge in [0.25, 0.3) is 0 Å². The summed E-state index contributed by atoms with van der Waals surface area (Å²) in [5.41, 5.74) is 18.3. The van der Waals surface area contributed by atoms with Crippen molar-refractivity contribution in [2.24, 2.45) is 0 Å². The van der Waals surface area contributed by atoms with Gasteiger partial charge in [0.1, 0.15) is 0 Å². The molecule has 62 heavy (non-hydrogen) atoms. The predicted octanol–water partition coefficient (Wildman–Crippen LogP) is 15.6. The molecule has 0 spiro atoms. The smallest absolute Gasteiger partial charge is 0.0715 e. The Balaban J connectivity index is 0.904. The predicted molar refractivity (Wildman–Crippen MR) is 260 cm³/mol. The van der Waals surface area contributed by atoms with Crippen molar-refractivity contribution in [3.05, 3.63) is 237 Å². The van der Waals surface area contributed by atoms with E-state index in [-0.39, 0.29) is 0 Å². The number of aromatic nitrogens is 3. The van der Waals surface area contributed by atoms with Crippen molar-refractivity contribution in [3.8, 4) is 67.3 Å². The average Bonchev–Trinajstić information content (AvgIpc) is 3.87. The van der Waals surface area contributed by atoms with E-state index < -0.39 is 0 Å². The maximum atomic E-state index is 5.15. The molecule has 290 valence electrons. The second-order valence-electron chi connectivity index (χ2n) is 16.0. The fraction of sp³-hybridized carbons (Fsp3) is 0. The summed E-state index contributed by atoms with van der Waals surface area (Å²) in [6, 6.07) is 85.2. The van der Waals surface area contributed by atoms with E-state index in [1.807, 2.05) is 6.07 Å². The number of hydrogen-bond donors (Lipinski definition) is 0. The van der Waals surface area contributed by atoms with Gasteiger partial charge in [-0.1, -0.05) is 170 Å². The molecule has 3 nitrogen and oxygen atoms in total. The molecule has 0 N–H and O–H groups in total. The largest absolute Gasteiger partial charge is 0.309 e. The van der Waals surface area contributed by atoms with E-state index in [4.69, 9.17) is 4.98 Å². The summed E-state index contributed by atoms with van der Waals surface area (Å²) in [5.74, 6) is 0. The maximum absolute atomic E-state index is 5.15. The molecule has 12 aromatic rings. The molecule has 0 radical (unpaired) electrons. The van der Waals surface area contributed by atoms with Gasteiger partial charge in [0.05, 0.1) is 33.5 Å². The Morgan fingerprint density at radius 3 is 1.29 bits per heavy atom. The molecule has 0 bridgehead atoms. The fourth-order valence-electron chi connectivity index (χ4n) is 9.30. The summed E-state index contributed by atoms with van der Waals surface area (Å²) in [4.78, 5) is 5.15. The first-order chi connectivity index (χ1) is 30.7. The van der Waals surface area contributed by atoms with Crippen LogP contribution in [0.4, 0.5) is 0 Å². The third-order valence-electron chi connectivity index (χ3n) is 12.3. The summed E-state index contributed by atoms with van der Waals surface area (Å²) in [5, 5.41) is 4.99. The SMILES string of the molecule is c1ccc(-c2cc(-c3ccccc3)nc(-c3ccc(-c4ccc(-n5c6ccccc6c6ccc(-c7ccc8c(c7)c7ccccc7n8-c7ccccc7)cc65)cc4)cc3)c2)cc1. The molecule has 0 aliphatic carbocycles. The van der Waals surface area contributed by atoms with Crippen molar-refractivity contribution in [1.82, 2.24) is 14.1 Å². The Morgan fingerprint density at radius 2 is 0.629 bits per heavy atom. The van der Waals surface area contributed by atoms with Crippen LogP contribution in [0.2, 0.25) is 0 Å². The zero-order valence-corrected chi connectivity index (χ0v) is 33.9. The van der Waals surface area contributed by atoms with Gasteiger partial charge in [-0.3, -0.25) is 0 Å². The van der Waals surface area contributed by atoms with Crippen molar-refractivity contribution in [2.75, 3.05) is 0 Å². The van der Waals surface area contributed by atoms with Gasteiger partial charge in [-0.25, -0.2) is 4.98 Å². The van der Waals surface area contributed by atoms with Gasteiger partial charge in [-0.15, -0.1) is 0 Å². The highest BCUT2D eigenvalue weighted by molar-refractivity contribution is 6.12. The van der Waals surface area contributed by atoms with Crippen LogP contribution in [0.15, 0.2) is 237 Å². The van der Waals surface area contributed by atoms with Crippen LogP contribution in [0, 0.1) is 0 Å². The van der Waals surface area contributed by atoms with Crippen LogP contribution in [0.25, 0.3) is 111 Å². The lowest BCUT2D eigenvalue weighted by atomic mass is 9.98. The first kappa shape index (κ1) is 35.7. The zero-order valence-electron chi connectivity index (χ0n) is 33.9. The van der Waals surface area contributed by atoms with Gasteiger partial charge in [-0.2, -0.15) is 0 Å². The van der Waals surface area contributed by atoms with E-state index in [0.717, 1.165) is 39.3 Å². The van der Waals surface area contributed by atoms with E-state index in [1.165, 1.54) is 71.6 Å². The molecule has 3 aromatic heterocycles. The van der Waals surface area contributed by atoms with Crippen LogP contribution in [0.5, 0.6) is 0 Å². The molecule has 0 fully saturated rings. The van der Waals surface area contributed by atoms with Crippen molar-refractivity contribution >= 4 is 43.6 Å². The first-order valence-electron chi connectivity index (χ1n) is 21.2. The highest BCUT2D eigenvalue weighted by Gasteiger charge is 2.17. The standard InChI is InChI=1S/C59H39N3/c1-4-14-40(15-5-1)47-37-54(43-16-6-2-7-17-43)60-55(38-47)44-26-24-41(25-27-44)42-28-32-49(33-29-42)62-56-22-12-10-20-50(56)52-34-30-46(39-59(52)62)45-31-35-58-53(36-45)51-21-11-13-23-57(51)61(58)48-18-8-3-9-19-48/h1-39H. The summed E-state index contributed by atoms with van der Waals surface area (Å²) in [6.45, 7) is 0. The van der Waals surface area contributed by atoms with Gasteiger partial charge in [0.2, 0.25) is 0 Å². The summed E-state index contributed by atoms with van der Waals surface area (Å²) in [7, 11) is 0. The normalized spacial score (nSPS) is 11.5. The average molecular weight is 790 g/mol. The topological polar surface area (TPSA) is 22.8 Å². The van der Waals surface area contributed by atoms with Crippen molar-refractivity contribution in [1.29, 1.82) is 0 Å². The number of fused-ring (bicyclic) bond motifs is 6. The number of para-hydroxylation sites is 3. The lowest BCUT2D eigenvalue weighted by Gasteiger charge is -2.12. The Morgan fingerprint density at radius 1 is 0.226 bits per heavy atom. The van der Waals surface area contributed by atoms with E-state index in [2.05, 4.69) is 240 Å². The molecule has 0 amide bonds. The summed E-state index contributed by atoms with van der Waals surface area (Å²) in [6.07, 6.45) is 0. The van der Waals surface area contributed by atoms with Crippen molar-refractivity contribution in [3.63, 3.8) is 0 Å². The van der Waals surface area contributed by atoms with Gasteiger partial charge in [-0.05, 0) is 100 Å². The van der Waals surface area contributed by atoms with Crippen LogP contribution >= 0.6 is 0 Å². The van der Waals surface area contributed by atoms with E-state index in [9.17, 15) is 0 Å². The lowest BCUT2D eigenvalue weighted by molar-refractivity contribution is 1.18. The van der Waals surface area contributed by atoms with Crippen LogP contribution < -0.4 is 0 Å². The second kappa shape index (κ2) is 14.8. The van der Waals surface area contributed by atoms with Crippen LogP contribution in [-0.4, -0.2) is 14.1 Å². The Hall–Kier alpha value is -8.27. The highest BCUT2D eigenvalue weighted by Crippen LogP contribution is 2.39. The molecule has 3 heteroatoms. The Kier molecular flexibility index (Phi) is 8.50. The van der Waals surface area contributed by atoms with E-state index in [1.54, 1.807) is 0 Å². The van der Waals surface area contributed by atoms with Crippen molar-refractivity contribution < 1.29 is 0 Å². The third kappa shape index (κ3) is 6.10. The van der Waals surface area contributed by atoms with Crippen LogP contribution in [0.3, 0.4) is 0 Å². The molecule has 0 aliphatic rings. The molecule has 0 aliphatic heterocycles. The number of hydrogen-bond acceptors (Lipinski definition) is 1. The van der Waals surface area contributed by atoms with Gasteiger partial charge < -0.3 is 9.13 Å².